The molecule has 0 saturated heterocycles. The van der Waals surface area contributed by atoms with Gasteiger partial charge in [-0.05, 0) is 99.7 Å². The van der Waals surface area contributed by atoms with Gasteiger partial charge in [-0.1, -0.05) is 20.8 Å². The molecule has 8 nitrogen and oxygen atoms in total. The Morgan fingerprint density at radius 3 is 2.07 bits per heavy atom. The van der Waals surface area contributed by atoms with E-state index in [2.05, 4.69) is 20.8 Å². The van der Waals surface area contributed by atoms with Crippen LogP contribution in [0.2, 0.25) is 0 Å². The molecule has 0 bridgehead atoms. The fourth-order valence-corrected chi connectivity index (χ4v) is 10.2. The largest absolute Gasteiger partial charge is 0.491 e. The lowest BCUT2D eigenvalue weighted by atomic mass is 9.43. The van der Waals surface area contributed by atoms with Gasteiger partial charge in [-0.15, -0.1) is 0 Å². The van der Waals surface area contributed by atoms with Crippen LogP contribution in [0.15, 0.2) is 11.8 Å². The second-order valence-electron chi connectivity index (χ2n) is 14.3. The summed E-state index contributed by atoms with van der Waals surface area (Å²) in [6.45, 7) is 13.3. The highest BCUT2D eigenvalue weighted by Crippen LogP contribution is 2.69. The lowest BCUT2D eigenvalue weighted by Crippen LogP contribution is -2.65. The van der Waals surface area contributed by atoms with E-state index in [1.165, 1.54) is 34.0 Å². The molecule has 11 atom stereocenters. The van der Waals surface area contributed by atoms with Gasteiger partial charge in [0.1, 0.15) is 18.3 Å². The monoisotopic (exact) mass is 588 g/mol. The van der Waals surface area contributed by atoms with E-state index in [-0.39, 0.29) is 52.5 Å². The molecule has 0 spiro atoms. The molecule has 0 amide bonds. The Balaban J connectivity index is 1.73. The molecule has 4 rings (SSSR count). The topological polar surface area (TPSA) is 105 Å². The average molecular weight is 589 g/mol. The summed E-state index contributed by atoms with van der Waals surface area (Å²) in [6, 6.07) is 0. The zero-order valence-corrected chi connectivity index (χ0v) is 26.9. The van der Waals surface area contributed by atoms with Gasteiger partial charge in [-0.3, -0.25) is 19.2 Å². The first-order chi connectivity index (χ1) is 19.7. The molecule has 8 heteroatoms. The molecule has 0 radical (unpaired) electrons. The number of allylic oxidation sites excluding steroid dienone is 2. The number of carbonyl (C=O) groups is 4. The maximum absolute atomic E-state index is 12.7. The SMILES string of the molecule is COC(=O)CC[C@@H](C)[C@H]1CC[C@H]2[C@@H]3[C@@H](OC(C)=O)[C@@H](O/C(C)=C\C(C)=O)[C@@H]4C[C@H](OC(C)=O)CC[C@]4(C)[C@H]3CC[C@]12C. The van der Waals surface area contributed by atoms with E-state index in [0.29, 0.717) is 42.3 Å². The molecule has 42 heavy (non-hydrogen) atoms. The smallest absolute Gasteiger partial charge is 0.305 e. The standard InChI is InChI=1S/C34H52O8/c1-19(9-12-29(38)39-8)25-10-11-26-30-27(14-16-33(25,26)6)34(7)15-13-24(41-22(4)36)18-28(34)31(32(30)42-23(5)37)40-21(3)17-20(2)35/h17,19,24-28,30-32H,9-16,18H2,1-8H3/b21-17-/t19-,24-,25-,26+,27+,28+,30+,31+,32-,33-,34-/m1/s1. The molecule has 0 N–H and O–H groups in total. The molecule has 4 fully saturated rings. The Bertz CT molecular complexity index is 1080. The number of fused-ring (bicyclic) bond motifs is 5. The third-order valence-electron chi connectivity index (χ3n) is 11.8. The van der Waals surface area contributed by atoms with Gasteiger partial charge in [-0.2, -0.15) is 0 Å². The predicted molar refractivity (Wildman–Crippen MR) is 157 cm³/mol. The Hall–Kier alpha value is -2.38. The van der Waals surface area contributed by atoms with Gasteiger partial charge in [0, 0.05) is 38.2 Å². The summed E-state index contributed by atoms with van der Waals surface area (Å²) < 4.78 is 23.6. The summed E-state index contributed by atoms with van der Waals surface area (Å²) in [7, 11) is 1.44. The van der Waals surface area contributed by atoms with Crippen molar-refractivity contribution in [2.24, 2.45) is 46.3 Å². The number of methoxy groups -OCH3 is 1. The van der Waals surface area contributed by atoms with Gasteiger partial charge >= 0.3 is 17.9 Å². The summed E-state index contributed by atoms with van der Waals surface area (Å²) in [5.74, 6) is 1.28. The number of hydrogen-bond acceptors (Lipinski definition) is 8. The van der Waals surface area contributed by atoms with Crippen molar-refractivity contribution in [1.29, 1.82) is 0 Å². The molecule has 4 aliphatic carbocycles. The maximum Gasteiger partial charge on any atom is 0.305 e. The second-order valence-corrected chi connectivity index (χ2v) is 14.3. The molecule has 0 unspecified atom stereocenters. The summed E-state index contributed by atoms with van der Waals surface area (Å²) >= 11 is 0. The first-order valence-corrected chi connectivity index (χ1v) is 16.0. The molecule has 4 aliphatic rings. The van der Waals surface area contributed by atoms with Crippen LogP contribution in [0.3, 0.4) is 0 Å². The lowest BCUT2D eigenvalue weighted by Gasteiger charge is -2.64. The van der Waals surface area contributed by atoms with Crippen molar-refractivity contribution in [2.45, 2.75) is 125 Å². The van der Waals surface area contributed by atoms with E-state index in [9.17, 15) is 19.2 Å². The highest BCUT2D eigenvalue weighted by molar-refractivity contribution is 5.87. The van der Waals surface area contributed by atoms with Crippen molar-refractivity contribution >= 4 is 23.7 Å². The fraction of sp³-hybridized carbons (Fsp3) is 0.824. The van der Waals surface area contributed by atoms with Crippen LogP contribution in [0.4, 0.5) is 0 Å². The zero-order chi connectivity index (χ0) is 31.0. The number of carbonyl (C=O) groups excluding carboxylic acids is 4. The van der Waals surface area contributed by atoms with Crippen molar-refractivity contribution in [3.8, 4) is 0 Å². The van der Waals surface area contributed by atoms with E-state index in [0.717, 1.165) is 44.9 Å². The van der Waals surface area contributed by atoms with Crippen molar-refractivity contribution < 1.29 is 38.1 Å². The van der Waals surface area contributed by atoms with Gasteiger partial charge in [0.05, 0.1) is 12.9 Å². The van der Waals surface area contributed by atoms with Crippen molar-refractivity contribution in [3.63, 3.8) is 0 Å². The fourth-order valence-electron chi connectivity index (χ4n) is 10.2. The molecule has 0 aromatic carbocycles. The van der Waals surface area contributed by atoms with Crippen LogP contribution in [0.1, 0.15) is 106 Å². The maximum atomic E-state index is 12.7. The minimum Gasteiger partial charge on any atom is -0.491 e. The molecule has 236 valence electrons. The van der Waals surface area contributed by atoms with Crippen molar-refractivity contribution in [2.75, 3.05) is 7.11 Å². The third kappa shape index (κ3) is 6.28. The number of hydrogen-bond donors (Lipinski definition) is 0. The average Bonchev–Trinajstić information content (AvgIpc) is 3.25. The second kappa shape index (κ2) is 12.7. The van der Waals surface area contributed by atoms with Gasteiger partial charge in [-0.25, -0.2) is 0 Å². The van der Waals surface area contributed by atoms with Gasteiger partial charge in [0.25, 0.3) is 0 Å². The van der Waals surface area contributed by atoms with Crippen LogP contribution >= 0.6 is 0 Å². The van der Waals surface area contributed by atoms with Crippen molar-refractivity contribution in [3.05, 3.63) is 11.8 Å². The molecule has 0 heterocycles. The van der Waals surface area contributed by atoms with Crippen LogP contribution in [-0.2, 0) is 38.1 Å². The molecule has 0 aromatic rings. The minimum atomic E-state index is -0.467. The summed E-state index contributed by atoms with van der Waals surface area (Å²) in [6.07, 6.45) is 8.23. The molecule has 4 saturated carbocycles. The zero-order valence-electron chi connectivity index (χ0n) is 26.9. The van der Waals surface area contributed by atoms with E-state index in [4.69, 9.17) is 18.9 Å². The van der Waals surface area contributed by atoms with Crippen molar-refractivity contribution in [1.82, 2.24) is 0 Å². The van der Waals surface area contributed by atoms with E-state index in [1.54, 1.807) is 6.92 Å². The molecule has 0 aromatic heterocycles. The van der Waals surface area contributed by atoms with Gasteiger partial charge in [0.15, 0.2) is 5.78 Å². The van der Waals surface area contributed by atoms with Gasteiger partial charge in [0.2, 0.25) is 0 Å². The number of ketones is 1. The summed E-state index contributed by atoms with van der Waals surface area (Å²) in [5, 5.41) is 0. The Kier molecular flexibility index (Phi) is 9.83. The first-order valence-electron chi connectivity index (χ1n) is 16.0. The first kappa shape index (κ1) is 32.5. The Labute approximate surface area is 251 Å². The van der Waals surface area contributed by atoms with E-state index < -0.39 is 12.2 Å². The number of ether oxygens (including phenoxy) is 4. The molecular weight excluding hydrogens is 536 g/mol. The third-order valence-corrected chi connectivity index (χ3v) is 11.8. The Morgan fingerprint density at radius 2 is 1.45 bits per heavy atom. The van der Waals surface area contributed by atoms with E-state index >= 15 is 0 Å². The minimum absolute atomic E-state index is 0.00274. The lowest BCUT2D eigenvalue weighted by molar-refractivity contribution is -0.238. The Morgan fingerprint density at radius 1 is 0.810 bits per heavy atom. The van der Waals surface area contributed by atoms with Crippen LogP contribution in [-0.4, -0.2) is 49.1 Å². The van der Waals surface area contributed by atoms with Crippen LogP contribution < -0.4 is 0 Å². The quantitative estimate of drug-likeness (QED) is 0.136. The predicted octanol–water partition coefficient (Wildman–Crippen LogP) is 6.20. The molecule has 0 aliphatic heterocycles. The summed E-state index contributed by atoms with van der Waals surface area (Å²) in [4.78, 5) is 48.5. The van der Waals surface area contributed by atoms with E-state index in [1.807, 2.05) is 0 Å². The summed E-state index contributed by atoms with van der Waals surface area (Å²) in [5.41, 5.74) is -0.0306. The normalized spacial score (nSPS) is 40.0. The molecular formula is C34H52O8. The van der Waals surface area contributed by atoms with Crippen LogP contribution in [0, 0.1) is 46.3 Å². The highest BCUT2D eigenvalue weighted by Gasteiger charge is 2.67. The number of rotatable bonds is 9. The van der Waals surface area contributed by atoms with Crippen LogP contribution in [0.25, 0.3) is 0 Å². The number of esters is 3. The van der Waals surface area contributed by atoms with Gasteiger partial charge < -0.3 is 18.9 Å². The highest BCUT2D eigenvalue weighted by atomic mass is 16.6. The van der Waals surface area contributed by atoms with Crippen LogP contribution in [0.5, 0.6) is 0 Å².